The van der Waals surface area contributed by atoms with E-state index in [1.54, 1.807) is 38.5 Å². The molecule has 0 aliphatic rings. The van der Waals surface area contributed by atoms with E-state index >= 15 is 0 Å². The number of carbonyl (C=O) groups is 3. The molecule has 0 aliphatic heterocycles. The Morgan fingerprint density at radius 1 is 1.25 bits per heavy atom. The molecule has 0 radical (unpaired) electrons. The van der Waals surface area contributed by atoms with Gasteiger partial charge < -0.3 is 30.2 Å². The molecule has 0 fully saturated rings. The Kier molecular flexibility index (Phi) is 10.4. The Bertz CT molecular complexity index is 1290. The van der Waals surface area contributed by atoms with Crippen molar-refractivity contribution in [1.82, 2.24) is 19.4 Å². The van der Waals surface area contributed by atoms with Crippen LogP contribution in [0.3, 0.4) is 0 Å². The number of ether oxygens (including phenoxy) is 1. The fourth-order valence-electron chi connectivity index (χ4n) is 3.10. The lowest BCUT2D eigenvalue weighted by Gasteiger charge is -2.08. The van der Waals surface area contributed by atoms with E-state index in [4.69, 9.17) is 0 Å². The molecule has 0 aliphatic carbocycles. The minimum atomic E-state index is -0.745. The Balaban J connectivity index is 0.000000830. The summed E-state index contributed by atoms with van der Waals surface area (Å²) in [6.07, 6.45) is 5.62. The number of hydrogen-bond acceptors (Lipinski definition) is 6. The minimum Gasteiger partial charge on any atom is -0.453 e. The zero-order chi connectivity index (χ0) is 26.7. The van der Waals surface area contributed by atoms with Crippen LogP contribution in [0.2, 0.25) is 0 Å². The van der Waals surface area contributed by atoms with Gasteiger partial charge in [-0.15, -0.1) is 0 Å². The molecule has 0 saturated carbocycles. The largest absolute Gasteiger partial charge is 0.453 e. The maximum Gasteiger partial charge on any atom is 0.404 e. The molecule has 0 atom stereocenters. The van der Waals surface area contributed by atoms with Crippen LogP contribution in [0.5, 0.6) is 0 Å². The van der Waals surface area contributed by atoms with Crippen molar-refractivity contribution in [3.8, 4) is 0 Å². The monoisotopic (exact) mass is 496 g/mol. The number of hydrogen-bond donors (Lipinski definition) is 3. The van der Waals surface area contributed by atoms with E-state index in [1.165, 1.54) is 22.7 Å². The molecule has 3 aromatic rings. The number of aromatic nitrogens is 3. The number of likely N-dealkylation sites (N-methyl/N-ethyl adjacent to an activating group) is 1. The number of imidazole rings is 1. The first-order chi connectivity index (χ1) is 17.1. The number of nitrogens with one attached hydrogen (secondary N) is 2. The van der Waals surface area contributed by atoms with Gasteiger partial charge in [-0.2, -0.15) is 0 Å². The van der Waals surface area contributed by atoms with Crippen LogP contribution in [0.25, 0.3) is 11.0 Å². The molecule has 36 heavy (non-hydrogen) atoms. The van der Waals surface area contributed by atoms with Crippen LogP contribution in [-0.2, 0) is 20.9 Å². The fourth-order valence-corrected chi connectivity index (χ4v) is 3.10. The second-order valence-electron chi connectivity index (χ2n) is 8.16. The van der Waals surface area contributed by atoms with E-state index in [-0.39, 0.29) is 36.0 Å². The summed E-state index contributed by atoms with van der Waals surface area (Å²) in [5.74, 6) is 0.348. The summed E-state index contributed by atoms with van der Waals surface area (Å²) >= 11 is 0. The van der Waals surface area contributed by atoms with Crippen molar-refractivity contribution < 1.29 is 19.1 Å². The quantitative estimate of drug-likeness (QED) is 0.322. The summed E-state index contributed by atoms with van der Waals surface area (Å²) in [5, 5.41) is 2.69. The number of nitrogens with two attached hydrogens (primary N) is 1. The molecule has 1 aromatic carbocycles. The third-order valence-electron chi connectivity index (χ3n) is 4.98. The molecule has 11 nitrogen and oxygen atoms in total. The van der Waals surface area contributed by atoms with Crippen molar-refractivity contribution >= 4 is 34.6 Å². The van der Waals surface area contributed by atoms with E-state index in [0.717, 1.165) is 16.6 Å². The molecule has 11 heteroatoms. The van der Waals surface area contributed by atoms with Gasteiger partial charge in [0.05, 0.1) is 24.7 Å². The highest BCUT2D eigenvalue weighted by molar-refractivity contribution is 5.90. The maximum absolute atomic E-state index is 12.7. The fraction of sp³-hybridized carbons (Fsp3) is 0.320. The Morgan fingerprint density at radius 2 is 1.97 bits per heavy atom. The molecule has 3 rings (SSSR count). The van der Waals surface area contributed by atoms with E-state index in [2.05, 4.69) is 25.8 Å². The number of H-pyrrole nitrogens is 1. The number of amides is 3. The number of anilines is 1. The SMILES string of the molecule is COC(N)=O.Cc1ccc2nc(Cn3cccc(NC(=O)CCC/C=C/C(=O)N(C)C)c3=O)[nH]c2c1. The Labute approximate surface area is 208 Å². The molecule has 0 bridgehead atoms. The molecule has 0 unspecified atom stereocenters. The molecule has 2 aromatic heterocycles. The standard InChI is InChI=1S/C23H27N5O3.C2H5NO2/c1-16-11-12-17-19(14-16)25-20(24-17)15-28-13-7-8-18(23(28)31)26-21(29)9-5-4-6-10-22(30)27(2)3;1-5-2(3)4/h6-8,10-14H,4-5,9,15H2,1-3H3,(H,24,25)(H,26,29);1H3,(H2,3,4)/b10-6+;. The summed E-state index contributed by atoms with van der Waals surface area (Å²) in [7, 11) is 4.59. The summed E-state index contributed by atoms with van der Waals surface area (Å²) in [4.78, 5) is 55.0. The lowest BCUT2D eigenvalue weighted by molar-refractivity contribution is -0.123. The topological polar surface area (TPSA) is 152 Å². The van der Waals surface area contributed by atoms with Crippen molar-refractivity contribution in [2.45, 2.75) is 32.7 Å². The number of nitrogens with zero attached hydrogens (tertiary/aromatic N) is 3. The van der Waals surface area contributed by atoms with E-state index in [1.807, 2.05) is 25.1 Å². The first-order valence-electron chi connectivity index (χ1n) is 11.3. The van der Waals surface area contributed by atoms with E-state index in [9.17, 15) is 19.2 Å². The summed E-state index contributed by atoms with van der Waals surface area (Å²) in [6, 6.07) is 9.26. The highest BCUT2D eigenvalue weighted by Crippen LogP contribution is 2.14. The normalized spacial score (nSPS) is 10.6. The van der Waals surface area contributed by atoms with Crippen molar-refractivity contribution in [3.05, 3.63) is 70.4 Å². The van der Waals surface area contributed by atoms with Gasteiger partial charge in [-0.25, -0.2) is 9.78 Å². The maximum atomic E-state index is 12.7. The number of fused-ring (bicyclic) bond motifs is 1. The number of aryl methyl sites for hydroxylation is 1. The molecule has 0 spiro atoms. The first kappa shape index (κ1) is 27.8. The van der Waals surface area contributed by atoms with E-state index < -0.39 is 6.09 Å². The lowest BCUT2D eigenvalue weighted by Crippen LogP contribution is -2.26. The number of rotatable bonds is 8. The number of allylic oxidation sites excluding steroid dienone is 1. The third kappa shape index (κ3) is 8.75. The number of unbranched alkanes of at least 4 members (excludes halogenated alkanes) is 1. The van der Waals surface area contributed by atoms with Gasteiger partial charge in [-0.05, 0) is 55.7 Å². The van der Waals surface area contributed by atoms with Crippen LogP contribution in [0.15, 0.2) is 53.5 Å². The van der Waals surface area contributed by atoms with Crippen molar-refractivity contribution in [2.75, 3.05) is 26.5 Å². The van der Waals surface area contributed by atoms with Crippen LogP contribution in [0, 0.1) is 6.92 Å². The Morgan fingerprint density at radius 3 is 2.64 bits per heavy atom. The second kappa shape index (κ2) is 13.5. The number of aromatic amines is 1. The van der Waals surface area contributed by atoms with E-state index in [0.29, 0.717) is 18.7 Å². The molecule has 2 heterocycles. The molecule has 4 N–H and O–H groups in total. The van der Waals surface area contributed by atoms with Crippen LogP contribution < -0.4 is 16.6 Å². The number of benzene rings is 1. The van der Waals surface area contributed by atoms with Crippen LogP contribution in [-0.4, -0.2) is 58.5 Å². The highest BCUT2D eigenvalue weighted by atomic mass is 16.5. The van der Waals surface area contributed by atoms with Crippen LogP contribution >= 0.6 is 0 Å². The van der Waals surface area contributed by atoms with Gasteiger partial charge in [-0.3, -0.25) is 14.4 Å². The predicted molar refractivity (Wildman–Crippen MR) is 138 cm³/mol. The zero-order valence-electron chi connectivity index (χ0n) is 20.9. The van der Waals surface area contributed by atoms with Gasteiger partial charge in [0.1, 0.15) is 11.5 Å². The molecular weight excluding hydrogens is 464 g/mol. The van der Waals surface area contributed by atoms with Crippen molar-refractivity contribution in [1.29, 1.82) is 0 Å². The second-order valence-corrected chi connectivity index (χ2v) is 8.16. The number of methoxy groups -OCH3 is 1. The average molecular weight is 497 g/mol. The number of pyridine rings is 1. The predicted octanol–water partition coefficient (Wildman–Crippen LogP) is 2.55. The molecule has 192 valence electrons. The number of carbonyl (C=O) groups excluding carboxylic acids is 3. The Hall–Kier alpha value is -4.41. The molecule has 0 saturated heterocycles. The highest BCUT2D eigenvalue weighted by Gasteiger charge is 2.10. The lowest BCUT2D eigenvalue weighted by atomic mass is 10.2. The summed E-state index contributed by atoms with van der Waals surface area (Å²) < 4.78 is 5.40. The smallest absolute Gasteiger partial charge is 0.404 e. The first-order valence-corrected chi connectivity index (χ1v) is 11.3. The van der Waals surface area contributed by atoms with Crippen molar-refractivity contribution in [2.24, 2.45) is 5.73 Å². The summed E-state index contributed by atoms with van der Waals surface area (Å²) in [6.45, 7) is 2.29. The van der Waals surface area contributed by atoms with Gasteiger partial charge in [0.2, 0.25) is 11.8 Å². The molecule has 3 amide bonds. The average Bonchev–Trinajstić information content (AvgIpc) is 3.23. The number of primary amides is 1. The third-order valence-corrected chi connectivity index (χ3v) is 4.98. The van der Waals surface area contributed by atoms with Gasteiger partial charge in [0.25, 0.3) is 5.56 Å². The molecular formula is C25H32N6O5. The van der Waals surface area contributed by atoms with Gasteiger partial charge in [0.15, 0.2) is 0 Å². The van der Waals surface area contributed by atoms with Gasteiger partial charge in [-0.1, -0.05) is 12.1 Å². The zero-order valence-corrected chi connectivity index (χ0v) is 20.9. The van der Waals surface area contributed by atoms with Crippen LogP contribution in [0.4, 0.5) is 10.5 Å². The van der Waals surface area contributed by atoms with Crippen molar-refractivity contribution in [3.63, 3.8) is 0 Å². The van der Waals surface area contributed by atoms with Crippen LogP contribution in [0.1, 0.15) is 30.7 Å². The van der Waals surface area contributed by atoms with Gasteiger partial charge in [0, 0.05) is 26.7 Å². The summed E-state index contributed by atoms with van der Waals surface area (Å²) in [5.41, 5.74) is 7.28. The van der Waals surface area contributed by atoms with Gasteiger partial charge >= 0.3 is 6.09 Å². The minimum absolute atomic E-state index is 0.0890.